The predicted molar refractivity (Wildman–Crippen MR) is 141 cm³/mol. The highest BCUT2D eigenvalue weighted by Crippen LogP contribution is 2.29. The van der Waals surface area contributed by atoms with Gasteiger partial charge in [-0.2, -0.15) is 0 Å². The zero-order chi connectivity index (χ0) is 26.1. The van der Waals surface area contributed by atoms with Gasteiger partial charge in [0, 0.05) is 31.7 Å². The molecule has 10 nitrogen and oxygen atoms in total. The van der Waals surface area contributed by atoms with Crippen molar-refractivity contribution in [3.05, 3.63) is 112 Å². The molecule has 1 atom stereocenters. The Morgan fingerprint density at radius 3 is 2.61 bits per heavy atom. The number of nitrogens with one attached hydrogen (secondary N) is 1. The molecule has 38 heavy (non-hydrogen) atoms. The molecular weight excluding hydrogens is 482 g/mol. The number of nitrogens with zero attached hydrogens (tertiary/aromatic N) is 6. The van der Waals surface area contributed by atoms with Crippen molar-refractivity contribution < 1.29 is 9.21 Å². The molecular formula is C28H27N7O3. The minimum atomic E-state index is -0.497. The molecule has 1 saturated heterocycles. The second-order valence-electron chi connectivity index (χ2n) is 9.48. The van der Waals surface area contributed by atoms with E-state index in [0.29, 0.717) is 49.9 Å². The Morgan fingerprint density at radius 2 is 1.84 bits per heavy atom. The first kappa shape index (κ1) is 23.8. The molecule has 1 unspecified atom stereocenters. The fraction of sp³-hybridized carbons (Fsp3) is 0.250. The average molecular weight is 510 g/mol. The van der Waals surface area contributed by atoms with E-state index < -0.39 is 6.04 Å². The highest BCUT2D eigenvalue weighted by Gasteiger charge is 2.34. The zero-order valence-electron chi connectivity index (χ0n) is 20.9. The van der Waals surface area contributed by atoms with Gasteiger partial charge in [0.2, 0.25) is 0 Å². The molecule has 0 aliphatic carbocycles. The third kappa shape index (κ3) is 4.50. The smallest absolute Gasteiger partial charge is 0.289 e. The van der Waals surface area contributed by atoms with E-state index in [-0.39, 0.29) is 11.5 Å². The molecule has 0 spiro atoms. The standard InChI is InChI=1S/C28H27N7O3/c1-19-7-5-10-21-17-22(27(36)29-24(19)21)25(26-30-31-32-35(26)18-20-8-3-2-4-9-20)33-12-14-34(15-13-33)28(37)23-11-6-16-38-23/h2-11,16-17,25H,12-15,18H2,1H3,(H,29,36). The van der Waals surface area contributed by atoms with Crippen molar-refractivity contribution in [1.29, 1.82) is 0 Å². The van der Waals surface area contributed by atoms with Gasteiger partial charge in [-0.15, -0.1) is 5.10 Å². The van der Waals surface area contributed by atoms with Crippen molar-refractivity contribution in [3.63, 3.8) is 0 Å². The van der Waals surface area contributed by atoms with E-state index in [2.05, 4.69) is 25.4 Å². The van der Waals surface area contributed by atoms with Crippen LogP contribution in [0.15, 0.2) is 82.2 Å². The number of aryl methyl sites for hydroxylation is 1. The van der Waals surface area contributed by atoms with Crippen LogP contribution in [-0.2, 0) is 6.54 Å². The number of furan rings is 1. The lowest BCUT2D eigenvalue weighted by Gasteiger charge is -2.38. The van der Waals surface area contributed by atoms with Crippen LogP contribution in [0.4, 0.5) is 0 Å². The molecule has 1 amide bonds. The SMILES string of the molecule is Cc1cccc2cc(C(c3nnnn3Cc3ccccc3)N3CCN(C(=O)c4ccco4)CC3)c(=O)[nH]c12. The molecule has 1 aliphatic heterocycles. The number of hydrogen-bond donors (Lipinski definition) is 1. The third-order valence-corrected chi connectivity index (χ3v) is 7.09. The summed E-state index contributed by atoms with van der Waals surface area (Å²) in [7, 11) is 0. The summed E-state index contributed by atoms with van der Waals surface area (Å²) in [4.78, 5) is 33.4. The van der Waals surface area contributed by atoms with Crippen molar-refractivity contribution in [2.24, 2.45) is 0 Å². The molecule has 1 aliphatic rings. The van der Waals surface area contributed by atoms with Gasteiger partial charge in [0.05, 0.1) is 18.3 Å². The van der Waals surface area contributed by atoms with Gasteiger partial charge < -0.3 is 14.3 Å². The molecule has 3 aromatic heterocycles. The van der Waals surface area contributed by atoms with Crippen LogP contribution in [0.5, 0.6) is 0 Å². The van der Waals surface area contributed by atoms with E-state index in [1.165, 1.54) is 6.26 Å². The lowest BCUT2D eigenvalue weighted by Crippen LogP contribution is -2.50. The van der Waals surface area contributed by atoms with Crippen LogP contribution in [0.2, 0.25) is 0 Å². The summed E-state index contributed by atoms with van der Waals surface area (Å²) in [6, 6.07) is 20.7. The summed E-state index contributed by atoms with van der Waals surface area (Å²) in [6.45, 7) is 4.51. The van der Waals surface area contributed by atoms with E-state index in [1.54, 1.807) is 21.7 Å². The van der Waals surface area contributed by atoms with Crippen LogP contribution in [0.25, 0.3) is 10.9 Å². The first-order chi connectivity index (χ1) is 18.6. The van der Waals surface area contributed by atoms with Gasteiger partial charge in [-0.3, -0.25) is 14.5 Å². The molecule has 1 N–H and O–H groups in total. The maximum atomic E-state index is 13.5. The summed E-state index contributed by atoms with van der Waals surface area (Å²) in [5.74, 6) is 0.763. The Morgan fingerprint density at radius 1 is 1.03 bits per heavy atom. The number of carbonyl (C=O) groups excluding carboxylic acids is 1. The van der Waals surface area contributed by atoms with Crippen LogP contribution >= 0.6 is 0 Å². The lowest BCUT2D eigenvalue weighted by molar-refractivity contribution is 0.0558. The van der Waals surface area contributed by atoms with Gasteiger partial charge in [0.15, 0.2) is 11.6 Å². The number of pyridine rings is 1. The Bertz CT molecular complexity index is 1620. The first-order valence-electron chi connectivity index (χ1n) is 12.6. The predicted octanol–water partition coefficient (Wildman–Crippen LogP) is 3.01. The van der Waals surface area contributed by atoms with E-state index in [0.717, 1.165) is 22.0 Å². The molecule has 5 aromatic rings. The van der Waals surface area contributed by atoms with Gasteiger partial charge in [-0.1, -0.05) is 48.5 Å². The van der Waals surface area contributed by atoms with E-state index in [4.69, 9.17) is 4.42 Å². The number of fused-ring (bicyclic) bond motifs is 1. The van der Waals surface area contributed by atoms with Gasteiger partial charge in [0.25, 0.3) is 11.5 Å². The molecule has 0 saturated carbocycles. The van der Waals surface area contributed by atoms with E-state index in [1.807, 2.05) is 61.5 Å². The number of piperazine rings is 1. The Hall–Kier alpha value is -4.57. The molecule has 192 valence electrons. The molecule has 0 bridgehead atoms. The van der Waals surface area contributed by atoms with Crippen molar-refractivity contribution in [2.75, 3.05) is 26.2 Å². The highest BCUT2D eigenvalue weighted by molar-refractivity contribution is 5.91. The molecule has 1 fully saturated rings. The maximum Gasteiger partial charge on any atom is 0.289 e. The van der Waals surface area contributed by atoms with Crippen molar-refractivity contribution in [1.82, 2.24) is 35.0 Å². The van der Waals surface area contributed by atoms with Gasteiger partial charge in [0.1, 0.15) is 6.04 Å². The number of hydrogen-bond acceptors (Lipinski definition) is 7. The number of H-pyrrole nitrogens is 1. The average Bonchev–Trinajstić information content (AvgIpc) is 3.64. The lowest BCUT2D eigenvalue weighted by atomic mass is 10.0. The maximum absolute atomic E-state index is 13.5. The van der Waals surface area contributed by atoms with Crippen LogP contribution in [-0.4, -0.2) is 67.1 Å². The summed E-state index contributed by atoms with van der Waals surface area (Å²) in [5, 5.41) is 13.6. The largest absolute Gasteiger partial charge is 0.459 e. The monoisotopic (exact) mass is 509 g/mol. The Balaban J connectivity index is 1.38. The topological polar surface area (TPSA) is 113 Å². The van der Waals surface area contributed by atoms with Crippen LogP contribution in [0.1, 0.15) is 39.1 Å². The summed E-state index contributed by atoms with van der Waals surface area (Å²) in [6.07, 6.45) is 1.50. The quantitative estimate of drug-likeness (QED) is 0.374. The Labute approximate surface area is 218 Å². The van der Waals surface area contributed by atoms with Crippen molar-refractivity contribution in [2.45, 2.75) is 19.5 Å². The molecule has 6 rings (SSSR count). The number of tetrazole rings is 1. The second kappa shape index (κ2) is 10.1. The number of aromatic amines is 1. The minimum absolute atomic E-state index is 0.140. The molecule has 10 heteroatoms. The van der Waals surface area contributed by atoms with Crippen molar-refractivity contribution >= 4 is 16.8 Å². The minimum Gasteiger partial charge on any atom is -0.459 e. The number of rotatable bonds is 6. The first-order valence-corrected chi connectivity index (χ1v) is 12.6. The number of benzene rings is 2. The summed E-state index contributed by atoms with van der Waals surface area (Å²) >= 11 is 0. The molecule has 4 heterocycles. The van der Waals surface area contributed by atoms with Crippen LogP contribution in [0.3, 0.4) is 0 Å². The van der Waals surface area contributed by atoms with Gasteiger partial charge in [-0.05, 0) is 52.1 Å². The normalized spacial score (nSPS) is 15.1. The van der Waals surface area contributed by atoms with Crippen LogP contribution < -0.4 is 5.56 Å². The number of aromatic nitrogens is 5. The third-order valence-electron chi connectivity index (χ3n) is 7.09. The van der Waals surface area contributed by atoms with E-state index >= 15 is 0 Å². The fourth-order valence-corrected chi connectivity index (χ4v) is 5.12. The van der Waals surface area contributed by atoms with E-state index in [9.17, 15) is 9.59 Å². The zero-order valence-corrected chi connectivity index (χ0v) is 20.9. The highest BCUT2D eigenvalue weighted by atomic mass is 16.3. The van der Waals surface area contributed by atoms with Crippen molar-refractivity contribution in [3.8, 4) is 0 Å². The number of para-hydroxylation sites is 1. The Kier molecular flexibility index (Phi) is 6.30. The second-order valence-corrected chi connectivity index (χ2v) is 9.48. The summed E-state index contributed by atoms with van der Waals surface area (Å²) in [5.41, 5.74) is 3.26. The summed E-state index contributed by atoms with van der Waals surface area (Å²) < 4.78 is 7.06. The van der Waals surface area contributed by atoms with Gasteiger partial charge >= 0.3 is 0 Å². The fourth-order valence-electron chi connectivity index (χ4n) is 5.12. The van der Waals surface area contributed by atoms with Gasteiger partial charge in [-0.25, -0.2) is 4.68 Å². The number of carbonyl (C=O) groups is 1. The molecule has 0 radical (unpaired) electrons. The molecule has 2 aromatic carbocycles. The number of amides is 1. The van der Waals surface area contributed by atoms with Crippen LogP contribution in [0, 0.1) is 6.92 Å².